The molecule has 0 unspecified atom stereocenters. The van der Waals surface area contributed by atoms with Gasteiger partial charge in [-0.25, -0.2) is 4.98 Å². The summed E-state index contributed by atoms with van der Waals surface area (Å²) in [4.78, 5) is 16.3. The Bertz CT molecular complexity index is 788. The van der Waals surface area contributed by atoms with E-state index in [9.17, 15) is 4.79 Å². The smallest absolute Gasteiger partial charge is 0.228 e. The second kappa shape index (κ2) is 5.40. The van der Waals surface area contributed by atoms with Crippen LogP contribution in [0, 0.1) is 13.8 Å². The highest BCUT2D eigenvalue weighted by Crippen LogP contribution is 2.17. The first-order valence-corrected chi connectivity index (χ1v) is 6.83. The van der Waals surface area contributed by atoms with E-state index in [1.807, 2.05) is 56.3 Å². The van der Waals surface area contributed by atoms with Crippen molar-refractivity contribution in [2.75, 3.05) is 5.32 Å². The molecule has 1 aromatic heterocycles. The molecule has 1 N–H and O–H groups in total. The zero-order valence-electron chi connectivity index (χ0n) is 12.0. The van der Waals surface area contributed by atoms with Gasteiger partial charge in [-0.05, 0) is 36.8 Å². The van der Waals surface area contributed by atoms with Crippen molar-refractivity contribution in [2.24, 2.45) is 0 Å². The molecule has 0 aliphatic heterocycles. The molecule has 0 fully saturated rings. The maximum absolute atomic E-state index is 12.1. The molecule has 0 radical (unpaired) electrons. The SMILES string of the molecule is Cc1ccc(NC(=O)Cc2ccc3oc(C)nc3c2)cc1. The highest BCUT2D eigenvalue weighted by atomic mass is 16.3. The first-order chi connectivity index (χ1) is 10.1. The minimum Gasteiger partial charge on any atom is -0.441 e. The van der Waals surface area contributed by atoms with Gasteiger partial charge in [0.2, 0.25) is 5.91 Å². The Morgan fingerprint density at radius 3 is 2.67 bits per heavy atom. The van der Waals surface area contributed by atoms with Crippen molar-refractivity contribution in [1.29, 1.82) is 0 Å². The van der Waals surface area contributed by atoms with Crippen molar-refractivity contribution in [3.63, 3.8) is 0 Å². The van der Waals surface area contributed by atoms with Gasteiger partial charge in [0.1, 0.15) is 5.52 Å². The number of hydrogen-bond acceptors (Lipinski definition) is 3. The normalized spacial score (nSPS) is 10.8. The Hall–Kier alpha value is -2.62. The van der Waals surface area contributed by atoms with Crippen LogP contribution < -0.4 is 5.32 Å². The van der Waals surface area contributed by atoms with E-state index < -0.39 is 0 Å². The molecule has 0 saturated heterocycles. The van der Waals surface area contributed by atoms with Crippen LogP contribution in [-0.2, 0) is 11.2 Å². The molecular weight excluding hydrogens is 264 g/mol. The number of aryl methyl sites for hydroxylation is 2. The summed E-state index contributed by atoms with van der Waals surface area (Å²) in [7, 11) is 0. The molecule has 0 spiro atoms. The Labute approximate surface area is 122 Å². The number of hydrogen-bond donors (Lipinski definition) is 1. The fourth-order valence-corrected chi connectivity index (χ4v) is 2.23. The maximum Gasteiger partial charge on any atom is 0.228 e. The van der Waals surface area contributed by atoms with E-state index in [2.05, 4.69) is 10.3 Å². The molecule has 0 saturated carbocycles. The zero-order chi connectivity index (χ0) is 14.8. The van der Waals surface area contributed by atoms with E-state index in [0.29, 0.717) is 12.3 Å². The zero-order valence-corrected chi connectivity index (χ0v) is 12.0. The second-order valence-corrected chi connectivity index (χ2v) is 5.13. The van der Waals surface area contributed by atoms with E-state index in [0.717, 1.165) is 22.4 Å². The van der Waals surface area contributed by atoms with Gasteiger partial charge in [-0.15, -0.1) is 0 Å². The van der Waals surface area contributed by atoms with Gasteiger partial charge in [0.15, 0.2) is 11.5 Å². The minimum atomic E-state index is -0.0431. The van der Waals surface area contributed by atoms with Gasteiger partial charge in [0.05, 0.1) is 6.42 Å². The van der Waals surface area contributed by atoms with Crippen LogP contribution in [0.3, 0.4) is 0 Å². The van der Waals surface area contributed by atoms with Crippen molar-refractivity contribution in [1.82, 2.24) is 4.98 Å². The molecule has 3 aromatic rings. The molecule has 3 rings (SSSR count). The summed E-state index contributed by atoms with van der Waals surface area (Å²) in [5.41, 5.74) is 4.42. The number of nitrogens with zero attached hydrogens (tertiary/aromatic N) is 1. The summed E-state index contributed by atoms with van der Waals surface area (Å²) in [6.07, 6.45) is 0.315. The van der Waals surface area contributed by atoms with Crippen LogP contribution in [0.2, 0.25) is 0 Å². The van der Waals surface area contributed by atoms with Gasteiger partial charge in [0.25, 0.3) is 0 Å². The molecule has 0 atom stereocenters. The molecule has 0 aliphatic carbocycles. The lowest BCUT2D eigenvalue weighted by Crippen LogP contribution is -2.14. The third kappa shape index (κ3) is 3.11. The Morgan fingerprint density at radius 1 is 1.14 bits per heavy atom. The summed E-state index contributed by atoms with van der Waals surface area (Å²) in [6.45, 7) is 3.82. The van der Waals surface area contributed by atoms with E-state index in [1.165, 1.54) is 5.56 Å². The summed E-state index contributed by atoms with van der Waals surface area (Å²) < 4.78 is 5.42. The number of aromatic nitrogens is 1. The number of carbonyl (C=O) groups excluding carboxylic acids is 1. The van der Waals surface area contributed by atoms with Gasteiger partial charge in [-0.2, -0.15) is 0 Å². The predicted molar refractivity (Wildman–Crippen MR) is 82.3 cm³/mol. The topological polar surface area (TPSA) is 55.1 Å². The molecule has 21 heavy (non-hydrogen) atoms. The summed E-state index contributed by atoms with van der Waals surface area (Å²) >= 11 is 0. The van der Waals surface area contributed by atoms with E-state index in [1.54, 1.807) is 0 Å². The molecule has 106 valence electrons. The number of rotatable bonds is 3. The molecule has 1 heterocycles. The van der Waals surface area contributed by atoms with Crippen molar-refractivity contribution in [3.8, 4) is 0 Å². The monoisotopic (exact) mass is 280 g/mol. The average molecular weight is 280 g/mol. The van der Waals surface area contributed by atoms with Crippen LogP contribution >= 0.6 is 0 Å². The number of oxazole rings is 1. The molecule has 4 nitrogen and oxygen atoms in total. The highest BCUT2D eigenvalue weighted by molar-refractivity contribution is 5.92. The van der Waals surface area contributed by atoms with Crippen LogP contribution in [0.1, 0.15) is 17.0 Å². The molecule has 0 aliphatic rings. The number of carbonyl (C=O) groups is 1. The van der Waals surface area contributed by atoms with Gasteiger partial charge in [-0.3, -0.25) is 4.79 Å². The molecular formula is C17H16N2O2. The predicted octanol–water partition coefficient (Wildman–Crippen LogP) is 3.63. The number of fused-ring (bicyclic) bond motifs is 1. The lowest BCUT2D eigenvalue weighted by molar-refractivity contribution is -0.115. The standard InChI is InChI=1S/C17H16N2O2/c1-11-3-6-14(7-4-11)19-17(20)10-13-5-8-16-15(9-13)18-12(2)21-16/h3-9H,10H2,1-2H3,(H,19,20). The fourth-order valence-electron chi connectivity index (χ4n) is 2.23. The second-order valence-electron chi connectivity index (χ2n) is 5.13. The van der Waals surface area contributed by atoms with E-state index >= 15 is 0 Å². The third-order valence-electron chi connectivity index (χ3n) is 3.26. The van der Waals surface area contributed by atoms with Crippen LogP contribution in [0.4, 0.5) is 5.69 Å². The summed E-state index contributed by atoms with van der Waals surface area (Å²) in [5.74, 6) is 0.588. The molecule has 2 aromatic carbocycles. The lowest BCUT2D eigenvalue weighted by atomic mass is 10.1. The fraction of sp³-hybridized carbons (Fsp3) is 0.176. The Balaban J connectivity index is 1.71. The molecule has 0 bridgehead atoms. The van der Waals surface area contributed by atoms with Gasteiger partial charge < -0.3 is 9.73 Å². The first kappa shape index (κ1) is 13.4. The average Bonchev–Trinajstić information content (AvgIpc) is 2.80. The van der Waals surface area contributed by atoms with Crippen molar-refractivity contribution in [3.05, 3.63) is 59.5 Å². The van der Waals surface area contributed by atoms with Crippen molar-refractivity contribution in [2.45, 2.75) is 20.3 Å². The van der Waals surface area contributed by atoms with E-state index in [4.69, 9.17) is 4.42 Å². The quantitative estimate of drug-likeness (QED) is 0.797. The summed E-state index contributed by atoms with van der Waals surface area (Å²) in [6, 6.07) is 13.4. The first-order valence-electron chi connectivity index (χ1n) is 6.83. The third-order valence-corrected chi connectivity index (χ3v) is 3.26. The molecule has 1 amide bonds. The largest absolute Gasteiger partial charge is 0.441 e. The molecule has 4 heteroatoms. The van der Waals surface area contributed by atoms with Gasteiger partial charge >= 0.3 is 0 Å². The van der Waals surface area contributed by atoms with Crippen LogP contribution in [0.25, 0.3) is 11.1 Å². The Kier molecular flexibility index (Phi) is 3.44. The number of anilines is 1. The number of benzene rings is 2. The van der Waals surface area contributed by atoms with E-state index in [-0.39, 0.29) is 5.91 Å². The highest BCUT2D eigenvalue weighted by Gasteiger charge is 2.07. The maximum atomic E-state index is 12.1. The van der Waals surface area contributed by atoms with Crippen LogP contribution in [0.15, 0.2) is 46.9 Å². The number of amides is 1. The summed E-state index contributed by atoms with van der Waals surface area (Å²) in [5, 5.41) is 2.89. The number of nitrogens with one attached hydrogen (secondary N) is 1. The van der Waals surface area contributed by atoms with Crippen molar-refractivity contribution < 1.29 is 9.21 Å². The Morgan fingerprint density at radius 2 is 1.90 bits per heavy atom. The van der Waals surface area contributed by atoms with Crippen LogP contribution in [-0.4, -0.2) is 10.9 Å². The van der Waals surface area contributed by atoms with Crippen LogP contribution in [0.5, 0.6) is 0 Å². The van der Waals surface area contributed by atoms with Gasteiger partial charge in [0, 0.05) is 12.6 Å². The van der Waals surface area contributed by atoms with Crippen molar-refractivity contribution >= 4 is 22.7 Å². The lowest BCUT2D eigenvalue weighted by Gasteiger charge is -2.05. The van der Waals surface area contributed by atoms with Gasteiger partial charge in [-0.1, -0.05) is 23.8 Å². The minimum absolute atomic E-state index is 0.0431.